The highest BCUT2D eigenvalue weighted by atomic mass is 16.6. The van der Waals surface area contributed by atoms with Crippen molar-refractivity contribution in [1.82, 2.24) is 5.32 Å². The Morgan fingerprint density at radius 2 is 2.15 bits per heavy atom. The first kappa shape index (κ1) is 12.0. The predicted molar refractivity (Wildman–Crippen MR) is 52.1 cm³/mol. The predicted octanol–water partition coefficient (Wildman–Crippen LogP) is 0.939. The minimum atomic E-state index is -0.432. The summed E-state index contributed by atoms with van der Waals surface area (Å²) in [5.41, 5.74) is -0.432. The van der Waals surface area contributed by atoms with E-state index in [0.717, 1.165) is 0 Å². The molecule has 0 aliphatic heterocycles. The van der Waals surface area contributed by atoms with E-state index < -0.39 is 5.60 Å². The number of hydrogen-bond donors (Lipinski definition) is 1. The van der Waals surface area contributed by atoms with Gasteiger partial charge >= 0.3 is 5.97 Å². The van der Waals surface area contributed by atoms with Crippen LogP contribution < -0.4 is 5.32 Å². The van der Waals surface area contributed by atoms with Gasteiger partial charge in [0.05, 0.1) is 12.6 Å². The highest BCUT2D eigenvalue weighted by Crippen LogP contribution is 2.06. The third-order valence-corrected chi connectivity index (χ3v) is 1.22. The van der Waals surface area contributed by atoms with Crippen molar-refractivity contribution in [2.24, 2.45) is 0 Å². The minimum Gasteiger partial charge on any atom is -0.459 e. The first-order valence-electron chi connectivity index (χ1n) is 4.26. The van der Waals surface area contributed by atoms with Gasteiger partial charge in [-0.2, -0.15) is 0 Å². The van der Waals surface area contributed by atoms with Gasteiger partial charge < -0.3 is 4.74 Å². The fourth-order valence-electron chi connectivity index (χ4n) is 0.673. The molecule has 0 radical (unpaired) electrons. The van der Waals surface area contributed by atoms with Crippen LogP contribution in [0.25, 0.3) is 0 Å². The Balaban J connectivity index is 3.72. The zero-order chi connectivity index (χ0) is 10.5. The van der Waals surface area contributed by atoms with Gasteiger partial charge in [0.2, 0.25) is 0 Å². The molecule has 0 saturated carbocycles. The lowest BCUT2D eigenvalue weighted by Gasteiger charge is -2.19. The highest BCUT2D eigenvalue weighted by Gasteiger charge is 2.15. The number of esters is 1. The lowest BCUT2D eigenvalue weighted by Crippen LogP contribution is -2.35. The molecule has 0 aromatic rings. The molecule has 3 heteroatoms. The van der Waals surface area contributed by atoms with Crippen LogP contribution in [-0.4, -0.2) is 24.2 Å². The van der Waals surface area contributed by atoms with Crippen molar-refractivity contribution < 1.29 is 9.53 Å². The second-order valence-corrected chi connectivity index (χ2v) is 3.86. The van der Waals surface area contributed by atoms with Gasteiger partial charge in [0.25, 0.3) is 0 Å². The van der Waals surface area contributed by atoms with Crippen LogP contribution in [0.2, 0.25) is 0 Å². The molecular formula is C10H17NO2. The Bertz CT molecular complexity index is 210. The fraction of sp³-hybridized carbons (Fsp3) is 0.700. The Hall–Kier alpha value is -1.01. The molecule has 0 spiro atoms. The zero-order valence-corrected chi connectivity index (χ0v) is 8.68. The van der Waals surface area contributed by atoms with Gasteiger partial charge in [0.1, 0.15) is 5.60 Å². The molecule has 0 rings (SSSR count). The average Bonchev–Trinajstić information content (AvgIpc) is 1.97. The van der Waals surface area contributed by atoms with Crippen LogP contribution in [0.5, 0.6) is 0 Å². The van der Waals surface area contributed by atoms with E-state index in [1.807, 2.05) is 27.7 Å². The summed E-state index contributed by atoms with van der Waals surface area (Å²) in [4.78, 5) is 11.1. The van der Waals surface area contributed by atoms with E-state index in [1.54, 1.807) is 0 Å². The number of carbonyl (C=O) groups excluding carboxylic acids is 1. The summed E-state index contributed by atoms with van der Waals surface area (Å²) in [6, 6.07) is -0.104. The second kappa shape index (κ2) is 4.88. The van der Waals surface area contributed by atoms with Crippen molar-refractivity contribution in [3.05, 3.63) is 0 Å². The van der Waals surface area contributed by atoms with E-state index in [0.29, 0.717) is 0 Å². The Kier molecular flexibility index (Phi) is 4.50. The van der Waals surface area contributed by atoms with Crippen molar-refractivity contribution in [3.63, 3.8) is 0 Å². The van der Waals surface area contributed by atoms with Crippen molar-refractivity contribution in [2.45, 2.75) is 39.3 Å². The van der Waals surface area contributed by atoms with Gasteiger partial charge in [-0.05, 0) is 27.7 Å². The Morgan fingerprint density at radius 3 is 2.54 bits per heavy atom. The molecule has 0 amide bonds. The maximum Gasteiger partial charge on any atom is 0.320 e. The monoisotopic (exact) mass is 183 g/mol. The molecule has 0 fully saturated rings. The van der Waals surface area contributed by atoms with E-state index in [-0.39, 0.29) is 18.6 Å². The van der Waals surface area contributed by atoms with E-state index >= 15 is 0 Å². The molecule has 0 heterocycles. The van der Waals surface area contributed by atoms with E-state index in [1.165, 1.54) is 0 Å². The van der Waals surface area contributed by atoms with Gasteiger partial charge in [-0.15, -0.1) is 6.42 Å². The normalized spacial score (nSPS) is 13.2. The number of terminal acetylenes is 1. The molecule has 1 unspecified atom stereocenters. The van der Waals surface area contributed by atoms with Crippen LogP contribution in [0.3, 0.4) is 0 Å². The summed E-state index contributed by atoms with van der Waals surface area (Å²) in [5.74, 6) is 2.18. The summed E-state index contributed by atoms with van der Waals surface area (Å²) in [6.07, 6.45) is 5.12. The van der Waals surface area contributed by atoms with Gasteiger partial charge in [-0.25, -0.2) is 0 Å². The van der Waals surface area contributed by atoms with Gasteiger partial charge in [0.15, 0.2) is 0 Å². The maximum absolute atomic E-state index is 11.1. The maximum atomic E-state index is 11.1. The molecule has 13 heavy (non-hydrogen) atoms. The largest absolute Gasteiger partial charge is 0.459 e. The molecule has 0 aliphatic carbocycles. The zero-order valence-electron chi connectivity index (χ0n) is 8.68. The van der Waals surface area contributed by atoms with Crippen molar-refractivity contribution in [3.8, 4) is 12.3 Å². The van der Waals surface area contributed by atoms with Gasteiger partial charge in [-0.3, -0.25) is 10.1 Å². The second-order valence-electron chi connectivity index (χ2n) is 3.86. The Labute approximate surface area is 79.8 Å². The first-order chi connectivity index (χ1) is 5.85. The quantitative estimate of drug-likeness (QED) is 0.522. The number of nitrogens with one attached hydrogen (secondary N) is 1. The van der Waals surface area contributed by atoms with Crippen molar-refractivity contribution in [2.75, 3.05) is 6.54 Å². The van der Waals surface area contributed by atoms with E-state index in [4.69, 9.17) is 11.2 Å². The van der Waals surface area contributed by atoms with Crippen LogP contribution in [0.15, 0.2) is 0 Å². The van der Waals surface area contributed by atoms with Crippen LogP contribution in [0, 0.1) is 12.3 Å². The van der Waals surface area contributed by atoms with E-state index in [9.17, 15) is 4.79 Å². The Morgan fingerprint density at radius 1 is 1.62 bits per heavy atom. The molecule has 74 valence electrons. The highest BCUT2D eigenvalue weighted by molar-refractivity contribution is 5.72. The summed E-state index contributed by atoms with van der Waals surface area (Å²) >= 11 is 0. The minimum absolute atomic E-state index is 0.104. The number of hydrogen-bond acceptors (Lipinski definition) is 3. The number of ether oxygens (including phenoxy) is 1. The molecular weight excluding hydrogens is 166 g/mol. The summed E-state index contributed by atoms with van der Waals surface area (Å²) in [6.45, 7) is 7.45. The van der Waals surface area contributed by atoms with Crippen LogP contribution in [-0.2, 0) is 9.53 Å². The van der Waals surface area contributed by atoms with Gasteiger partial charge in [-0.1, -0.05) is 5.92 Å². The molecule has 0 aromatic heterocycles. The average molecular weight is 183 g/mol. The van der Waals surface area contributed by atoms with Crippen molar-refractivity contribution >= 4 is 5.97 Å². The molecule has 1 atom stereocenters. The molecule has 0 saturated heterocycles. The summed E-state index contributed by atoms with van der Waals surface area (Å²) in [7, 11) is 0. The fourth-order valence-corrected chi connectivity index (χ4v) is 0.673. The molecule has 1 N–H and O–H groups in total. The lowest BCUT2D eigenvalue weighted by atomic mass is 10.2. The molecule has 3 nitrogen and oxygen atoms in total. The van der Waals surface area contributed by atoms with Crippen LogP contribution in [0.1, 0.15) is 27.7 Å². The first-order valence-corrected chi connectivity index (χ1v) is 4.26. The van der Waals surface area contributed by atoms with E-state index in [2.05, 4.69) is 11.2 Å². The molecule has 0 aliphatic rings. The van der Waals surface area contributed by atoms with Gasteiger partial charge in [0, 0.05) is 0 Å². The molecule has 0 aromatic carbocycles. The van der Waals surface area contributed by atoms with Crippen LogP contribution >= 0.6 is 0 Å². The van der Waals surface area contributed by atoms with Crippen molar-refractivity contribution in [1.29, 1.82) is 0 Å². The SMILES string of the molecule is C#CC(C)NCC(=O)OC(C)(C)C. The third-order valence-electron chi connectivity index (χ3n) is 1.22. The summed E-state index contributed by atoms with van der Waals surface area (Å²) in [5, 5.41) is 2.84. The smallest absolute Gasteiger partial charge is 0.320 e. The molecule has 0 bridgehead atoms. The standard InChI is InChI=1S/C10H17NO2/c1-6-8(2)11-7-9(12)13-10(3,4)5/h1,8,11H,7H2,2-5H3. The topological polar surface area (TPSA) is 38.3 Å². The number of carbonyl (C=O) groups is 1. The number of rotatable bonds is 3. The third kappa shape index (κ3) is 7.35. The van der Waals surface area contributed by atoms with Crippen LogP contribution in [0.4, 0.5) is 0 Å². The summed E-state index contributed by atoms with van der Waals surface area (Å²) < 4.78 is 5.06. The lowest BCUT2D eigenvalue weighted by molar-refractivity contribution is -0.153.